The van der Waals surface area contributed by atoms with Gasteiger partial charge in [-0.1, -0.05) is 0 Å². The lowest BCUT2D eigenvalue weighted by Gasteiger charge is -2.23. The maximum Gasteiger partial charge on any atom is 0.133 e. The summed E-state index contributed by atoms with van der Waals surface area (Å²) in [6.45, 7) is 0. The van der Waals surface area contributed by atoms with E-state index >= 15 is 0 Å². The van der Waals surface area contributed by atoms with Crippen LogP contribution in [0.4, 0.5) is 5.69 Å². The molecule has 0 atom stereocenters. The molecule has 0 bridgehead atoms. The molecule has 70 valence electrons. The third kappa shape index (κ3) is 2.06. The zero-order valence-corrected chi connectivity index (χ0v) is 8.20. The van der Waals surface area contributed by atoms with Crippen LogP contribution in [-0.4, -0.2) is 32.5 Å². The van der Waals surface area contributed by atoms with E-state index in [-0.39, 0.29) is 5.75 Å². The van der Waals surface area contributed by atoms with Crippen molar-refractivity contribution < 1.29 is 5.11 Å². The predicted octanol–water partition coefficient (Wildman–Crippen LogP) is 1.59. The lowest BCUT2D eigenvalue weighted by molar-refractivity contribution is 0.468. The van der Waals surface area contributed by atoms with Gasteiger partial charge in [-0.05, 0) is 6.07 Å². The monoisotopic (exact) mass is 179 g/mol. The van der Waals surface area contributed by atoms with Crippen molar-refractivity contribution >= 4 is 11.9 Å². The van der Waals surface area contributed by atoms with Gasteiger partial charge in [0.25, 0.3) is 0 Å². The first-order valence-corrected chi connectivity index (χ1v) is 4.10. The highest BCUT2D eigenvalue weighted by molar-refractivity contribution is 5.82. The maximum absolute atomic E-state index is 9.34. The van der Waals surface area contributed by atoms with Crippen molar-refractivity contribution in [3.63, 3.8) is 0 Å². The fourth-order valence-electron chi connectivity index (χ4n) is 1.07. The molecule has 0 radical (unpaired) electrons. The molecule has 0 heterocycles. The van der Waals surface area contributed by atoms with Gasteiger partial charge in [0.1, 0.15) is 11.4 Å². The Morgan fingerprint density at radius 1 is 1.31 bits per heavy atom. The minimum absolute atomic E-state index is 0.159. The lowest BCUT2D eigenvalue weighted by Crippen LogP contribution is -2.34. The molecule has 1 rings (SSSR count). The van der Waals surface area contributed by atoms with E-state index in [4.69, 9.17) is 5.41 Å². The zero-order chi connectivity index (χ0) is 10.1. The molecule has 2 N–H and O–H groups in total. The Bertz CT molecular complexity index is 326. The van der Waals surface area contributed by atoms with Gasteiger partial charge in [0, 0.05) is 23.9 Å². The molecule has 3 nitrogen and oxygen atoms in total. The SMILES string of the molecule is C[N+](C)(C)c1ccc(O)c(C=N)c1. The molecule has 0 saturated carbocycles. The number of phenols is 1. The number of benzene rings is 1. The standard InChI is InChI=1S/C10H14N2O/c1-12(2,3)9-4-5-10(13)8(6-9)7-11/h4-7H,1-3H3,(H-,11,13)/p+1. The summed E-state index contributed by atoms with van der Waals surface area (Å²) in [6, 6.07) is 5.31. The van der Waals surface area contributed by atoms with Crippen LogP contribution >= 0.6 is 0 Å². The van der Waals surface area contributed by atoms with Crippen molar-refractivity contribution in [3.8, 4) is 5.75 Å². The molecular weight excluding hydrogens is 164 g/mol. The van der Waals surface area contributed by atoms with Crippen molar-refractivity contribution in [3.05, 3.63) is 23.8 Å². The summed E-state index contributed by atoms with van der Waals surface area (Å²) >= 11 is 0. The number of phenolic OH excluding ortho intramolecular Hbond substituents is 1. The minimum Gasteiger partial charge on any atom is -0.507 e. The van der Waals surface area contributed by atoms with E-state index in [9.17, 15) is 5.11 Å². The molecule has 0 amide bonds. The number of rotatable bonds is 2. The normalized spacial score (nSPS) is 11.3. The number of hydrogen-bond donors (Lipinski definition) is 2. The minimum atomic E-state index is 0.159. The average molecular weight is 179 g/mol. The summed E-state index contributed by atoms with van der Waals surface area (Å²) in [7, 11) is 6.13. The Morgan fingerprint density at radius 3 is 2.38 bits per heavy atom. The van der Waals surface area contributed by atoms with Gasteiger partial charge in [-0.2, -0.15) is 0 Å². The molecule has 0 saturated heterocycles. The average Bonchev–Trinajstić information content (AvgIpc) is 2.03. The number of hydrogen-bond acceptors (Lipinski definition) is 2. The molecule has 0 aromatic heterocycles. The number of quaternary nitrogens is 1. The van der Waals surface area contributed by atoms with E-state index in [1.165, 1.54) is 0 Å². The summed E-state index contributed by atoms with van der Waals surface area (Å²) < 4.78 is 0.682. The largest absolute Gasteiger partial charge is 0.507 e. The molecule has 0 aliphatic carbocycles. The second kappa shape index (κ2) is 3.18. The van der Waals surface area contributed by atoms with Crippen LogP contribution in [-0.2, 0) is 0 Å². The fourth-order valence-corrected chi connectivity index (χ4v) is 1.07. The van der Waals surface area contributed by atoms with Gasteiger partial charge < -0.3 is 10.5 Å². The van der Waals surface area contributed by atoms with E-state index in [1.54, 1.807) is 6.07 Å². The van der Waals surface area contributed by atoms with Crippen LogP contribution in [0.3, 0.4) is 0 Å². The Labute approximate surface area is 78.3 Å². The summed E-state index contributed by atoms with van der Waals surface area (Å²) in [6.07, 6.45) is 1.16. The van der Waals surface area contributed by atoms with Gasteiger partial charge in [-0.3, -0.25) is 4.48 Å². The number of nitrogens with one attached hydrogen (secondary N) is 1. The van der Waals surface area contributed by atoms with Crippen molar-refractivity contribution in [2.24, 2.45) is 0 Å². The summed E-state index contributed by atoms with van der Waals surface area (Å²) in [5.74, 6) is 0.159. The number of nitrogens with zero attached hydrogens (tertiary/aromatic N) is 1. The number of aromatic hydroxyl groups is 1. The smallest absolute Gasteiger partial charge is 0.133 e. The molecule has 13 heavy (non-hydrogen) atoms. The van der Waals surface area contributed by atoms with Gasteiger partial charge >= 0.3 is 0 Å². The Balaban J connectivity index is 3.21. The molecule has 3 heteroatoms. The summed E-state index contributed by atoms with van der Waals surface area (Å²) in [4.78, 5) is 0. The van der Waals surface area contributed by atoms with E-state index in [1.807, 2.05) is 33.3 Å². The van der Waals surface area contributed by atoms with E-state index in [0.717, 1.165) is 11.9 Å². The highest BCUT2D eigenvalue weighted by Crippen LogP contribution is 2.23. The maximum atomic E-state index is 9.34. The Hall–Kier alpha value is -1.35. The van der Waals surface area contributed by atoms with Crippen molar-refractivity contribution in [2.45, 2.75) is 0 Å². The predicted molar refractivity (Wildman–Crippen MR) is 55.6 cm³/mol. The first kappa shape index (κ1) is 9.74. The topological polar surface area (TPSA) is 44.1 Å². The highest BCUT2D eigenvalue weighted by atomic mass is 16.3. The van der Waals surface area contributed by atoms with E-state index in [0.29, 0.717) is 10.0 Å². The van der Waals surface area contributed by atoms with Crippen LogP contribution in [0.1, 0.15) is 5.56 Å². The molecule has 0 fully saturated rings. The third-order valence-electron chi connectivity index (χ3n) is 1.94. The lowest BCUT2D eigenvalue weighted by atomic mass is 10.1. The summed E-state index contributed by atoms with van der Waals surface area (Å²) in [5.41, 5.74) is 1.63. The van der Waals surface area contributed by atoms with Crippen LogP contribution in [0, 0.1) is 5.41 Å². The fraction of sp³-hybridized carbons (Fsp3) is 0.300. The summed E-state index contributed by atoms with van der Waals surface area (Å²) in [5, 5.41) is 16.4. The van der Waals surface area contributed by atoms with Crippen LogP contribution in [0.15, 0.2) is 18.2 Å². The van der Waals surface area contributed by atoms with Crippen molar-refractivity contribution in [1.29, 1.82) is 5.41 Å². The molecule has 0 aliphatic rings. The van der Waals surface area contributed by atoms with Crippen LogP contribution < -0.4 is 4.48 Å². The molecule has 0 aliphatic heterocycles. The van der Waals surface area contributed by atoms with Crippen molar-refractivity contribution in [1.82, 2.24) is 4.48 Å². The Morgan fingerprint density at radius 2 is 1.92 bits per heavy atom. The molecular formula is C10H15N2O+. The quantitative estimate of drug-likeness (QED) is 0.525. The van der Waals surface area contributed by atoms with Crippen LogP contribution in [0.25, 0.3) is 0 Å². The van der Waals surface area contributed by atoms with Gasteiger partial charge in [0.15, 0.2) is 0 Å². The Kier molecular flexibility index (Phi) is 2.38. The molecule has 1 aromatic rings. The van der Waals surface area contributed by atoms with Gasteiger partial charge in [-0.25, -0.2) is 0 Å². The van der Waals surface area contributed by atoms with Crippen LogP contribution in [0.5, 0.6) is 5.75 Å². The van der Waals surface area contributed by atoms with Gasteiger partial charge in [0.2, 0.25) is 0 Å². The second-order valence-corrected chi connectivity index (χ2v) is 3.90. The van der Waals surface area contributed by atoms with Crippen molar-refractivity contribution in [2.75, 3.05) is 21.1 Å². The third-order valence-corrected chi connectivity index (χ3v) is 1.94. The van der Waals surface area contributed by atoms with Crippen LogP contribution in [0.2, 0.25) is 0 Å². The first-order valence-electron chi connectivity index (χ1n) is 4.10. The van der Waals surface area contributed by atoms with Gasteiger partial charge in [-0.15, -0.1) is 0 Å². The van der Waals surface area contributed by atoms with E-state index in [2.05, 4.69) is 0 Å². The zero-order valence-electron chi connectivity index (χ0n) is 8.20. The second-order valence-electron chi connectivity index (χ2n) is 3.90. The molecule has 1 aromatic carbocycles. The highest BCUT2D eigenvalue weighted by Gasteiger charge is 2.13. The first-order chi connectivity index (χ1) is 5.95. The van der Waals surface area contributed by atoms with Gasteiger partial charge in [0.05, 0.1) is 21.1 Å². The molecule has 0 unspecified atom stereocenters. The molecule has 0 spiro atoms. The van der Waals surface area contributed by atoms with E-state index < -0.39 is 0 Å².